The molecule has 0 bridgehead atoms. The van der Waals surface area contributed by atoms with Gasteiger partial charge in [-0.25, -0.2) is 24.0 Å². The van der Waals surface area contributed by atoms with E-state index in [1.165, 1.54) is 18.3 Å². The molecular weight excluding hydrogens is 256 g/mol. The van der Waals surface area contributed by atoms with Crippen LogP contribution in [-0.2, 0) is 16.6 Å². The fraction of sp³-hybridized carbons (Fsp3) is 0.111. The number of nitrogens with two attached hydrogens (primary N) is 1. The summed E-state index contributed by atoms with van der Waals surface area (Å²) in [5.41, 5.74) is 3.06. The van der Waals surface area contributed by atoms with Crippen molar-refractivity contribution in [2.75, 3.05) is 5.43 Å². The number of sulfonamides is 1. The Morgan fingerprint density at radius 1 is 1.33 bits per heavy atom. The van der Waals surface area contributed by atoms with Crippen molar-refractivity contribution in [3.63, 3.8) is 0 Å². The summed E-state index contributed by atoms with van der Waals surface area (Å²) in [6.07, 6.45) is 4.39. The second kappa shape index (κ2) is 5.12. The second-order valence-corrected chi connectivity index (χ2v) is 5.22. The number of anilines is 1. The largest absolute Gasteiger partial charge is 0.308 e. The number of H-pyrrole nitrogens is 1. The molecule has 18 heavy (non-hydrogen) atoms. The fourth-order valence-electron chi connectivity index (χ4n) is 1.26. The van der Waals surface area contributed by atoms with Crippen molar-refractivity contribution in [2.24, 2.45) is 5.84 Å². The molecule has 0 aliphatic carbocycles. The topological polar surface area (TPSA) is 126 Å². The minimum atomic E-state index is -3.58. The molecule has 0 fully saturated rings. The minimum absolute atomic E-state index is 0.0741. The number of hydrogen-bond donors (Lipinski definition) is 4. The molecule has 2 aromatic rings. The molecule has 2 aromatic heterocycles. The lowest BCUT2D eigenvalue weighted by molar-refractivity contribution is 0.581. The van der Waals surface area contributed by atoms with E-state index >= 15 is 0 Å². The lowest BCUT2D eigenvalue weighted by atomic mass is 10.4. The molecule has 8 nitrogen and oxygen atoms in total. The second-order valence-electron chi connectivity index (χ2n) is 3.45. The van der Waals surface area contributed by atoms with Crippen LogP contribution in [0.5, 0.6) is 0 Å². The van der Waals surface area contributed by atoms with Gasteiger partial charge in [0, 0.05) is 24.5 Å². The Bertz CT molecular complexity index is 592. The molecule has 0 atom stereocenters. The number of rotatable bonds is 5. The van der Waals surface area contributed by atoms with E-state index in [1.54, 1.807) is 12.4 Å². The monoisotopic (exact) mass is 268 g/mol. The highest BCUT2D eigenvalue weighted by Crippen LogP contribution is 2.10. The number of pyridine rings is 1. The zero-order valence-electron chi connectivity index (χ0n) is 9.29. The normalized spacial score (nSPS) is 11.4. The molecule has 0 saturated carbocycles. The summed E-state index contributed by atoms with van der Waals surface area (Å²) in [7, 11) is -3.58. The molecular formula is C9H12N6O2S. The molecule has 2 heterocycles. The highest BCUT2D eigenvalue weighted by atomic mass is 32.2. The molecule has 0 aromatic carbocycles. The van der Waals surface area contributed by atoms with E-state index in [2.05, 4.69) is 25.3 Å². The van der Waals surface area contributed by atoms with Gasteiger partial charge in [0.05, 0.1) is 6.20 Å². The average molecular weight is 268 g/mol. The van der Waals surface area contributed by atoms with Crippen molar-refractivity contribution in [1.82, 2.24) is 19.9 Å². The van der Waals surface area contributed by atoms with Crippen molar-refractivity contribution in [1.29, 1.82) is 0 Å². The third kappa shape index (κ3) is 2.83. The zero-order valence-corrected chi connectivity index (χ0v) is 10.1. The van der Waals surface area contributed by atoms with Crippen molar-refractivity contribution < 1.29 is 8.42 Å². The first-order valence-corrected chi connectivity index (χ1v) is 6.50. The Morgan fingerprint density at radius 3 is 2.72 bits per heavy atom. The van der Waals surface area contributed by atoms with E-state index in [0.717, 1.165) is 5.56 Å². The van der Waals surface area contributed by atoms with Gasteiger partial charge in [0.15, 0.2) is 0 Å². The van der Waals surface area contributed by atoms with Crippen LogP contribution in [0.2, 0.25) is 0 Å². The Labute approximate surface area is 104 Å². The summed E-state index contributed by atoms with van der Waals surface area (Å²) in [4.78, 5) is 3.91. The molecule has 0 aliphatic heterocycles. The molecule has 96 valence electrons. The smallest absolute Gasteiger partial charge is 0.242 e. The molecule has 0 amide bonds. The van der Waals surface area contributed by atoms with Crippen molar-refractivity contribution in [3.05, 3.63) is 36.3 Å². The number of nitrogens with one attached hydrogen (secondary N) is 3. The maximum absolute atomic E-state index is 11.9. The van der Waals surface area contributed by atoms with E-state index in [0.29, 0.717) is 5.82 Å². The van der Waals surface area contributed by atoms with Crippen LogP contribution in [0.4, 0.5) is 5.82 Å². The molecule has 0 aliphatic rings. The number of aromatic amines is 1. The molecule has 0 radical (unpaired) electrons. The Kier molecular flexibility index (Phi) is 3.55. The molecule has 0 saturated heterocycles. The van der Waals surface area contributed by atoms with E-state index < -0.39 is 10.0 Å². The number of hydrazine groups is 1. The van der Waals surface area contributed by atoms with E-state index in [1.807, 2.05) is 0 Å². The number of aromatic nitrogens is 3. The van der Waals surface area contributed by atoms with Gasteiger partial charge in [-0.05, 0) is 12.1 Å². The molecule has 9 heteroatoms. The van der Waals surface area contributed by atoms with Gasteiger partial charge in [-0.1, -0.05) is 0 Å². The highest BCUT2D eigenvalue weighted by Gasteiger charge is 2.14. The molecule has 0 spiro atoms. The predicted octanol–water partition coefficient (Wildman–Crippen LogP) is -0.431. The van der Waals surface area contributed by atoms with Crippen LogP contribution in [0.1, 0.15) is 5.56 Å². The average Bonchev–Trinajstić information content (AvgIpc) is 2.90. The highest BCUT2D eigenvalue weighted by molar-refractivity contribution is 7.89. The van der Waals surface area contributed by atoms with Gasteiger partial charge in [0.25, 0.3) is 0 Å². The van der Waals surface area contributed by atoms with Crippen LogP contribution in [-0.4, -0.2) is 23.6 Å². The Hall–Kier alpha value is -1.97. The number of hydrogen-bond acceptors (Lipinski definition) is 6. The SMILES string of the molecule is NNc1ccc(S(=O)(=O)NCc2cn[nH]c2)cn1. The number of nitrogen functional groups attached to an aromatic ring is 1. The minimum Gasteiger partial charge on any atom is -0.308 e. The summed E-state index contributed by atoms with van der Waals surface area (Å²) in [5, 5.41) is 6.33. The Balaban J connectivity index is 2.09. The van der Waals surface area contributed by atoms with Crippen LogP contribution in [0.3, 0.4) is 0 Å². The third-order valence-electron chi connectivity index (χ3n) is 2.22. The van der Waals surface area contributed by atoms with E-state index in [4.69, 9.17) is 5.84 Å². The zero-order chi connectivity index (χ0) is 13.0. The maximum atomic E-state index is 11.9. The summed E-state index contributed by atoms with van der Waals surface area (Å²) in [6.45, 7) is 0.162. The predicted molar refractivity (Wildman–Crippen MR) is 64.7 cm³/mol. The summed E-state index contributed by atoms with van der Waals surface area (Å²) in [6, 6.07) is 2.90. The first kappa shape index (κ1) is 12.5. The van der Waals surface area contributed by atoms with Gasteiger partial charge in [-0.15, -0.1) is 0 Å². The first-order chi connectivity index (χ1) is 8.62. The van der Waals surface area contributed by atoms with Crippen LogP contribution in [0.15, 0.2) is 35.6 Å². The van der Waals surface area contributed by atoms with Crippen molar-refractivity contribution >= 4 is 15.8 Å². The first-order valence-electron chi connectivity index (χ1n) is 5.02. The van der Waals surface area contributed by atoms with Crippen molar-refractivity contribution in [3.8, 4) is 0 Å². The van der Waals surface area contributed by atoms with Crippen LogP contribution in [0.25, 0.3) is 0 Å². The van der Waals surface area contributed by atoms with E-state index in [-0.39, 0.29) is 11.4 Å². The lowest BCUT2D eigenvalue weighted by Gasteiger charge is -2.05. The molecule has 5 N–H and O–H groups in total. The van der Waals surface area contributed by atoms with Gasteiger partial charge >= 0.3 is 0 Å². The van der Waals surface area contributed by atoms with Gasteiger partial charge < -0.3 is 5.43 Å². The van der Waals surface area contributed by atoms with E-state index in [9.17, 15) is 8.42 Å². The summed E-state index contributed by atoms with van der Waals surface area (Å²) < 4.78 is 26.2. The molecule has 0 unspecified atom stereocenters. The van der Waals surface area contributed by atoms with Crippen LogP contribution >= 0.6 is 0 Å². The Morgan fingerprint density at radius 2 is 2.17 bits per heavy atom. The van der Waals surface area contributed by atoms with Gasteiger partial charge in [0.1, 0.15) is 10.7 Å². The summed E-state index contributed by atoms with van der Waals surface area (Å²) in [5.74, 6) is 5.54. The maximum Gasteiger partial charge on any atom is 0.242 e. The van der Waals surface area contributed by atoms with Crippen LogP contribution < -0.4 is 16.0 Å². The summed E-state index contributed by atoms with van der Waals surface area (Å²) >= 11 is 0. The number of nitrogens with zero attached hydrogens (tertiary/aromatic N) is 2. The standard InChI is InChI=1S/C9H12N6O2S/c10-15-9-2-1-8(6-11-9)18(16,17)14-5-7-3-12-13-4-7/h1-4,6,14H,5,10H2,(H,11,15)(H,12,13). The molecule has 2 rings (SSSR count). The van der Waals surface area contributed by atoms with Gasteiger partial charge in [-0.2, -0.15) is 5.10 Å². The third-order valence-corrected chi connectivity index (χ3v) is 3.60. The van der Waals surface area contributed by atoms with Crippen LogP contribution in [0, 0.1) is 0 Å². The fourth-order valence-corrected chi connectivity index (χ4v) is 2.22. The van der Waals surface area contributed by atoms with Crippen molar-refractivity contribution in [2.45, 2.75) is 11.4 Å². The quantitative estimate of drug-likeness (QED) is 0.430. The van der Waals surface area contributed by atoms with Gasteiger partial charge in [-0.3, -0.25) is 5.10 Å². The van der Waals surface area contributed by atoms with Gasteiger partial charge in [0.2, 0.25) is 10.0 Å². The lowest BCUT2D eigenvalue weighted by Crippen LogP contribution is -2.23.